The van der Waals surface area contributed by atoms with E-state index >= 15 is 0 Å². The summed E-state index contributed by atoms with van der Waals surface area (Å²) in [5, 5.41) is 14.5. The number of hydrogen-bond acceptors (Lipinski definition) is 13. The second-order valence-electron chi connectivity index (χ2n) is 25.2. The van der Waals surface area contributed by atoms with Crippen LogP contribution in [0, 0.1) is 0 Å². The van der Waals surface area contributed by atoms with Crippen LogP contribution in [-0.2, 0) is 25.6 Å². The molecule has 2 aromatic rings. The van der Waals surface area contributed by atoms with Crippen molar-refractivity contribution in [2.75, 3.05) is 0 Å². The predicted octanol–water partition coefficient (Wildman–Crippen LogP) is 9.13. The average molecular weight is 917 g/mol. The molecule has 0 atom stereocenters. The summed E-state index contributed by atoms with van der Waals surface area (Å²) >= 11 is 0. The highest BCUT2D eigenvalue weighted by molar-refractivity contribution is 6.04. The molecule has 0 spiro atoms. The van der Waals surface area contributed by atoms with E-state index < -0.39 is 36.1 Å². The van der Waals surface area contributed by atoms with Crippen LogP contribution in [0.15, 0.2) is 36.4 Å². The van der Waals surface area contributed by atoms with Crippen molar-refractivity contribution in [2.24, 2.45) is 0 Å². The minimum atomic E-state index is -0.644. The van der Waals surface area contributed by atoms with Crippen molar-refractivity contribution in [3.63, 3.8) is 0 Å². The Hall–Kier alpha value is -4.04. The zero-order valence-electron chi connectivity index (χ0n) is 42.8. The molecule has 0 saturated carbocycles. The van der Waals surface area contributed by atoms with E-state index in [1.165, 1.54) is 6.07 Å². The lowest BCUT2D eigenvalue weighted by molar-refractivity contribution is -0.0107. The van der Waals surface area contributed by atoms with Crippen LogP contribution >= 0.6 is 0 Å². The normalized spacial score (nSPS) is 24.4. The summed E-state index contributed by atoms with van der Waals surface area (Å²) in [6, 6.07) is 9.65. The molecule has 0 bridgehead atoms. The number of carbonyl (C=O) groups excluding carboxylic acids is 4. The fourth-order valence-electron chi connectivity index (χ4n) is 12.3. The summed E-state index contributed by atoms with van der Waals surface area (Å²) < 4.78 is 31.1. The van der Waals surface area contributed by atoms with Gasteiger partial charge in [0.25, 0.3) is 0 Å². The Morgan fingerprint density at radius 1 is 0.394 bits per heavy atom. The maximum atomic E-state index is 14.3. The third-order valence-corrected chi connectivity index (χ3v) is 13.1. The molecule has 4 N–H and O–H groups in total. The van der Waals surface area contributed by atoms with Gasteiger partial charge in [-0.2, -0.15) is 0 Å². The second-order valence-corrected chi connectivity index (χ2v) is 25.2. The molecule has 2 aromatic carbocycles. The molecule has 4 heterocycles. The molecule has 4 aliphatic heterocycles. The van der Waals surface area contributed by atoms with Gasteiger partial charge in [0, 0.05) is 95.7 Å². The Bertz CT molecular complexity index is 1950. The van der Waals surface area contributed by atoms with Crippen LogP contribution in [0.25, 0.3) is 0 Å². The Balaban J connectivity index is 1.28. The lowest BCUT2D eigenvalue weighted by Crippen LogP contribution is -2.59. The van der Waals surface area contributed by atoms with E-state index in [2.05, 4.69) is 132 Å². The number of carbonyl (C=O) groups is 4. The smallest absolute Gasteiger partial charge is 0.339 e. The van der Waals surface area contributed by atoms with Gasteiger partial charge in [-0.15, -0.1) is 0 Å². The van der Waals surface area contributed by atoms with Gasteiger partial charge in [0.15, 0.2) is 0 Å². The average Bonchev–Trinajstić information content (AvgIpc) is 3.08. The summed E-state index contributed by atoms with van der Waals surface area (Å²) in [7, 11) is 0. The summed E-state index contributed by atoms with van der Waals surface area (Å²) in [6.45, 7) is 33.3. The third kappa shape index (κ3) is 13.8. The molecule has 4 saturated heterocycles. The quantitative estimate of drug-likeness (QED) is 0.125. The molecule has 0 aliphatic carbocycles. The number of piperidine rings is 4. The topological polar surface area (TPSA) is 163 Å². The molecular formula is C53H80N4O9. The molecule has 66 heavy (non-hydrogen) atoms. The fourth-order valence-corrected chi connectivity index (χ4v) is 12.3. The second kappa shape index (κ2) is 18.1. The number of rotatable bonds is 11. The van der Waals surface area contributed by atoms with Crippen LogP contribution < -0.4 is 26.0 Å². The highest BCUT2D eigenvalue weighted by Gasteiger charge is 2.44. The Kier molecular flexibility index (Phi) is 14.1. The number of esters is 4. The lowest BCUT2D eigenvalue weighted by Gasteiger charge is -2.46. The van der Waals surface area contributed by atoms with Gasteiger partial charge in [0.05, 0.1) is 22.3 Å². The number of nitrogens with one attached hydrogen (secondary N) is 4. The summed E-state index contributed by atoms with van der Waals surface area (Å²) in [4.78, 5) is 56.6. The third-order valence-electron chi connectivity index (χ3n) is 13.1. The van der Waals surface area contributed by atoms with E-state index in [1.54, 1.807) is 30.3 Å². The number of ether oxygens (including phenoxy) is 5. The first-order valence-corrected chi connectivity index (χ1v) is 24.0. The van der Waals surface area contributed by atoms with Gasteiger partial charge in [-0.3, -0.25) is 0 Å². The summed E-state index contributed by atoms with van der Waals surface area (Å²) in [5.74, 6) is -2.17. The predicted molar refractivity (Wildman–Crippen MR) is 256 cm³/mol. The maximum absolute atomic E-state index is 14.3. The van der Waals surface area contributed by atoms with Crippen LogP contribution in [0.3, 0.4) is 0 Å². The first-order chi connectivity index (χ1) is 30.1. The first-order valence-electron chi connectivity index (χ1n) is 24.0. The minimum absolute atomic E-state index is 0.0338. The van der Waals surface area contributed by atoms with Gasteiger partial charge in [0.1, 0.15) is 36.8 Å². The van der Waals surface area contributed by atoms with Crippen LogP contribution in [0.1, 0.15) is 209 Å². The number of hydrogen-bond donors (Lipinski definition) is 4. The van der Waals surface area contributed by atoms with E-state index in [1.807, 2.05) is 0 Å². The summed E-state index contributed by atoms with van der Waals surface area (Å²) in [6.07, 6.45) is 3.28. The van der Waals surface area contributed by atoms with E-state index in [0.29, 0.717) is 62.7 Å². The molecule has 0 amide bonds. The van der Waals surface area contributed by atoms with Crippen molar-refractivity contribution in [3.05, 3.63) is 64.2 Å². The maximum Gasteiger partial charge on any atom is 0.339 e. The van der Waals surface area contributed by atoms with E-state index in [9.17, 15) is 19.2 Å². The van der Waals surface area contributed by atoms with E-state index in [0.717, 1.165) is 0 Å². The van der Waals surface area contributed by atoms with Crippen LogP contribution in [0.2, 0.25) is 0 Å². The minimum Gasteiger partial charge on any atom is -0.489 e. The molecule has 13 nitrogen and oxygen atoms in total. The van der Waals surface area contributed by atoms with Crippen molar-refractivity contribution in [2.45, 2.75) is 237 Å². The van der Waals surface area contributed by atoms with Crippen molar-refractivity contribution in [3.8, 4) is 5.75 Å². The Morgan fingerprint density at radius 2 is 0.652 bits per heavy atom. The molecule has 13 heteroatoms. The Labute approximate surface area is 394 Å². The van der Waals surface area contributed by atoms with Crippen molar-refractivity contribution in [1.29, 1.82) is 0 Å². The van der Waals surface area contributed by atoms with Crippen LogP contribution in [0.4, 0.5) is 0 Å². The van der Waals surface area contributed by atoms with E-state index in [4.69, 9.17) is 23.7 Å². The fraction of sp³-hybridized carbons (Fsp3) is 0.698. The zero-order chi connectivity index (χ0) is 49.1. The zero-order valence-corrected chi connectivity index (χ0v) is 42.8. The monoisotopic (exact) mass is 917 g/mol. The highest BCUT2D eigenvalue weighted by atomic mass is 16.6. The van der Waals surface area contributed by atoms with Crippen LogP contribution in [-0.4, -0.2) is 92.6 Å². The molecule has 6 rings (SSSR count). The SMILES string of the molecule is CC1(C)CC(OC(=O)c2ccc(COc3ccc(C(=O)OC4CC(C)(C)NC(C)(C)C4)c(C(=O)OC4CC(C)(C)NC(C)(C)C4)c3)cc2C(=O)OC2CC(C)(C)NC(C)(C)C2)CC(C)(C)N1. The van der Waals surface area contributed by atoms with Crippen molar-refractivity contribution < 1.29 is 42.9 Å². The van der Waals surface area contributed by atoms with Gasteiger partial charge in [-0.25, -0.2) is 19.2 Å². The molecule has 4 fully saturated rings. The van der Waals surface area contributed by atoms with E-state index in [-0.39, 0.29) is 85.4 Å². The van der Waals surface area contributed by atoms with Gasteiger partial charge < -0.3 is 45.0 Å². The van der Waals surface area contributed by atoms with Gasteiger partial charge in [-0.05, 0) is 147 Å². The molecule has 0 radical (unpaired) electrons. The van der Waals surface area contributed by atoms with Crippen molar-refractivity contribution in [1.82, 2.24) is 21.3 Å². The molecule has 4 aliphatic rings. The lowest BCUT2D eigenvalue weighted by atomic mass is 9.81. The van der Waals surface area contributed by atoms with Gasteiger partial charge in [0.2, 0.25) is 0 Å². The highest BCUT2D eigenvalue weighted by Crippen LogP contribution is 2.36. The standard InChI is InChI=1S/C53H80N4O9/c1-46(2)23-34(24-47(3,4)54-46)63-42(58)38-19-17-32(21-40(38)44(60)65-36-27-50(9,10)56-51(11,12)28-36)31-62-33-18-20-39(43(59)64-35-25-48(5,6)55-49(7,8)26-35)41(22-33)45(61)66-37-29-52(13,14)57-53(15,16)30-37/h17-22,34-37,54-57H,23-31H2,1-16H3. The van der Waals surface area contributed by atoms with Crippen LogP contribution in [0.5, 0.6) is 5.75 Å². The molecule has 0 unspecified atom stereocenters. The first kappa shape index (κ1) is 51.4. The van der Waals surface area contributed by atoms with Crippen molar-refractivity contribution >= 4 is 23.9 Å². The molecule has 0 aromatic heterocycles. The largest absolute Gasteiger partial charge is 0.489 e. The molecule has 366 valence electrons. The number of benzene rings is 2. The van der Waals surface area contributed by atoms with Gasteiger partial charge >= 0.3 is 23.9 Å². The molecular weight excluding hydrogens is 837 g/mol. The summed E-state index contributed by atoms with van der Waals surface area (Å²) in [5.41, 5.74) is -1.27. The van der Waals surface area contributed by atoms with Gasteiger partial charge in [-0.1, -0.05) is 6.07 Å². The Morgan fingerprint density at radius 3 is 0.955 bits per heavy atom.